The molecule has 2 amide bonds. The molecule has 3 N–H and O–H groups in total. The van der Waals surface area contributed by atoms with E-state index < -0.39 is 18.0 Å². The summed E-state index contributed by atoms with van der Waals surface area (Å²) in [5, 5.41) is 14.1. The third-order valence-electron chi connectivity index (χ3n) is 2.71. The van der Waals surface area contributed by atoms with Crippen molar-refractivity contribution in [2.75, 3.05) is 12.4 Å². The predicted octanol–water partition coefficient (Wildman–Crippen LogP) is 3.45. The number of carboxylic acids is 1. The van der Waals surface area contributed by atoms with Crippen molar-refractivity contribution >= 4 is 49.5 Å². The Labute approximate surface area is 139 Å². The van der Waals surface area contributed by atoms with Crippen molar-refractivity contribution in [2.45, 2.75) is 19.9 Å². The van der Waals surface area contributed by atoms with Crippen LogP contribution in [0.4, 0.5) is 10.5 Å². The Morgan fingerprint density at radius 2 is 1.86 bits per heavy atom. The molecule has 21 heavy (non-hydrogen) atoms. The van der Waals surface area contributed by atoms with E-state index in [2.05, 4.69) is 42.5 Å². The number of aliphatic carboxylic acids is 1. The number of nitrogens with one attached hydrogen (secondary N) is 2. The maximum atomic E-state index is 11.9. The molecule has 0 saturated carbocycles. The smallest absolute Gasteiger partial charge is 0.326 e. The topological polar surface area (TPSA) is 87.7 Å². The van der Waals surface area contributed by atoms with Crippen LogP contribution in [0.5, 0.6) is 5.75 Å². The van der Waals surface area contributed by atoms with Gasteiger partial charge in [0, 0.05) is 10.5 Å². The van der Waals surface area contributed by atoms with Gasteiger partial charge in [0.15, 0.2) is 0 Å². The second kappa shape index (κ2) is 7.65. The number of hydrogen-bond donors (Lipinski definition) is 3. The van der Waals surface area contributed by atoms with E-state index in [1.54, 1.807) is 26.0 Å². The lowest BCUT2D eigenvalue weighted by atomic mass is 10.1. The minimum atomic E-state index is -1.08. The molecule has 116 valence electrons. The Morgan fingerprint density at radius 1 is 1.24 bits per heavy atom. The number of amides is 2. The van der Waals surface area contributed by atoms with Gasteiger partial charge in [0.05, 0.1) is 17.3 Å². The number of urea groups is 1. The molecule has 0 unspecified atom stereocenters. The molecule has 0 aliphatic carbocycles. The molecule has 0 radical (unpaired) electrons. The number of ether oxygens (including phenoxy) is 1. The average Bonchev–Trinajstić information content (AvgIpc) is 2.38. The highest BCUT2D eigenvalue weighted by Crippen LogP contribution is 2.34. The summed E-state index contributed by atoms with van der Waals surface area (Å²) in [6, 6.07) is 1.80. The summed E-state index contributed by atoms with van der Waals surface area (Å²) in [6.07, 6.45) is 0. The fraction of sp³-hybridized carbons (Fsp3) is 0.385. The number of carboxylic acid groups (broad SMARTS) is 1. The second-order valence-corrected chi connectivity index (χ2v) is 6.33. The van der Waals surface area contributed by atoms with E-state index in [1.807, 2.05) is 0 Å². The van der Waals surface area contributed by atoms with Crippen molar-refractivity contribution in [3.8, 4) is 5.75 Å². The van der Waals surface area contributed by atoms with E-state index >= 15 is 0 Å². The normalized spacial score (nSPS) is 11.9. The van der Waals surface area contributed by atoms with E-state index in [0.717, 1.165) is 4.47 Å². The van der Waals surface area contributed by atoms with Crippen LogP contribution in [0.2, 0.25) is 0 Å². The minimum Gasteiger partial charge on any atom is -0.495 e. The first kappa shape index (κ1) is 17.8. The van der Waals surface area contributed by atoms with Gasteiger partial charge < -0.3 is 20.5 Å². The molecule has 1 aromatic carbocycles. The molecule has 0 aliphatic rings. The summed E-state index contributed by atoms with van der Waals surface area (Å²) in [6.45, 7) is 3.44. The predicted molar refractivity (Wildman–Crippen MR) is 86.8 cm³/mol. The van der Waals surface area contributed by atoms with Gasteiger partial charge in [0.25, 0.3) is 0 Å². The fourth-order valence-electron chi connectivity index (χ4n) is 1.59. The molecule has 0 heterocycles. The fourth-order valence-corrected chi connectivity index (χ4v) is 2.85. The maximum Gasteiger partial charge on any atom is 0.326 e. The van der Waals surface area contributed by atoms with E-state index in [1.165, 1.54) is 7.11 Å². The van der Waals surface area contributed by atoms with Crippen LogP contribution in [0.25, 0.3) is 0 Å². The highest BCUT2D eigenvalue weighted by molar-refractivity contribution is 9.11. The van der Waals surface area contributed by atoms with Crippen molar-refractivity contribution in [3.63, 3.8) is 0 Å². The molecule has 0 spiro atoms. The molecular weight excluding hydrogens is 408 g/mol. The minimum absolute atomic E-state index is 0.226. The van der Waals surface area contributed by atoms with E-state index in [4.69, 9.17) is 9.84 Å². The van der Waals surface area contributed by atoms with Gasteiger partial charge >= 0.3 is 12.0 Å². The standard InChI is InChI=1S/C13H16Br2N2O4/c1-6(2)11(12(18)19)17-13(20)16-9-5-10(21-3)8(15)4-7(9)14/h4-6,11H,1-3H3,(H,18,19)(H2,16,17,20)/t11-/m0/s1. The number of carbonyl (C=O) groups excluding carboxylic acids is 1. The van der Waals surface area contributed by atoms with Crippen LogP contribution in [0.3, 0.4) is 0 Å². The van der Waals surface area contributed by atoms with E-state index in [-0.39, 0.29) is 5.92 Å². The van der Waals surface area contributed by atoms with Crippen molar-refractivity contribution in [1.82, 2.24) is 5.32 Å². The molecule has 6 nitrogen and oxygen atoms in total. The summed E-state index contributed by atoms with van der Waals surface area (Å²) in [4.78, 5) is 23.0. The molecule has 1 aromatic rings. The Kier molecular flexibility index (Phi) is 6.47. The SMILES string of the molecule is COc1cc(NC(=O)N[C@H](C(=O)O)C(C)C)c(Br)cc1Br. The van der Waals surface area contributed by atoms with Crippen molar-refractivity contribution < 1.29 is 19.4 Å². The Hall–Kier alpha value is -1.28. The molecule has 0 aliphatic heterocycles. The Balaban J connectivity index is 2.86. The van der Waals surface area contributed by atoms with Crippen LogP contribution in [0.1, 0.15) is 13.8 Å². The molecule has 1 atom stereocenters. The van der Waals surface area contributed by atoms with E-state index in [9.17, 15) is 9.59 Å². The number of methoxy groups -OCH3 is 1. The largest absolute Gasteiger partial charge is 0.495 e. The molecule has 0 fully saturated rings. The molecular formula is C13H16Br2N2O4. The molecule has 1 rings (SSSR count). The van der Waals surface area contributed by atoms with Gasteiger partial charge in [-0.1, -0.05) is 13.8 Å². The van der Waals surface area contributed by atoms with Gasteiger partial charge in [0.2, 0.25) is 0 Å². The number of halogens is 2. The molecule has 8 heteroatoms. The maximum absolute atomic E-state index is 11.9. The van der Waals surface area contributed by atoms with Gasteiger partial charge in [-0.15, -0.1) is 0 Å². The number of benzene rings is 1. The third-order valence-corrected chi connectivity index (χ3v) is 3.98. The van der Waals surface area contributed by atoms with Crippen molar-refractivity contribution in [2.24, 2.45) is 5.92 Å². The Bertz CT molecular complexity index is 549. The average molecular weight is 424 g/mol. The van der Waals surface area contributed by atoms with Crippen LogP contribution in [0, 0.1) is 5.92 Å². The summed E-state index contributed by atoms with van der Waals surface area (Å²) in [5.41, 5.74) is 0.473. The number of hydrogen-bond acceptors (Lipinski definition) is 3. The Morgan fingerprint density at radius 3 is 2.33 bits per heavy atom. The summed E-state index contributed by atoms with van der Waals surface area (Å²) >= 11 is 6.64. The highest BCUT2D eigenvalue weighted by Gasteiger charge is 2.23. The summed E-state index contributed by atoms with van der Waals surface area (Å²) in [7, 11) is 1.51. The summed E-state index contributed by atoms with van der Waals surface area (Å²) in [5.74, 6) is -0.754. The zero-order valence-corrected chi connectivity index (χ0v) is 14.9. The summed E-state index contributed by atoms with van der Waals surface area (Å²) < 4.78 is 6.52. The molecule has 0 bridgehead atoms. The number of carbonyl (C=O) groups is 2. The van der Waals surface area contributed by atoms with Gasteiger partial charge in [-0.05, 0) is 43.8 Å². The van der Waals surface area contributed by atoms with Crippen LogP contribution in [0.15, 0.2) is 21.1 Å². The lowest BCUT2D eigenvalue weighted by molar-refractivity contribution is -0.140. The van der Waals surface area contributed by atoms with Crippen LogP contribution < -0.4 is 15.4 Å². The van der Waals surface area contributed by atoms with Crippen LogP contribution in [-0.4, -0.2) is 30.3 Å². The quantitative estimate of drug-likeness (QED) is 0.676. The van der Waals surface area contributed by atoms with Gasteiger partial charge in [-0.2, -0.15) is 0 Å². The second-order valence-electron chi connectivity index (χ2n) is 4.62. The highest BCUT2D eigenvalue weighted by atomic mass is 79.9. The zero-order valence-electron chi connectivity index (χ0n) is 11.7. The van der Waals surface area contributed by atoms with Gasteiger partial charge in [0.1, 0.15) is 11.8 Å². The van der Waals surface area contributed by atoms with Crippen molar-refractivity contribution in [1.29, 1.82) is 0 Å². The monoisotopic (exact) mass is 422 g/mol. The van der Waals surface area contributed by atoms with Crippen LogP contribution >= 0.6 is 31.9 Å². The first-order valence-electron chi connectivity index (χ1n) is 6.09. The first-order chi connectivity index (χ1) is 9.76. The third kappa shape index (κ3) is 4.89. The lowest BCUT2D eigenvalue weighted by Crippen LogP contribution is -2.46. The number of rotatable bonds is 5. The van der Waals surface area contributed by atoms with Crippen LogP contribution in [-0.2, 0) is 4.79 Å². The van der Waals surface area contributed by atoms with Gasteiger partial charge in [-0.25, -0.2) is 9.59 Å². The van der Waals surface area contributed by atoms with E-state index in [0.29, 0.717) is 15.9 Å². The van der Waals surface area contributed by atoms with Crippen molar-refractivity contribution in [3.05, 3.63) is 21.1 Å². The lowest BCUT2D eigenvalue weighted by Gasteiger charge is -2.19. The van der Waals surface area contributed by atoms with Gasteiger partial charge in [-0.3, -0.25) is 0 Å². The first-order valence-corrected chi connectivity index (χ1v) is 7.68. The zero-order chi connectivity index (χ0) is 16.2. The molecule has 0 aromatic heterocycles. The number of anilines is 1. The molecule has 0 saturated heterocycles.